The highest BCUT2D eigenvalue weighted by atomic mass is 16.5. The standard InChI is InChI=1S/C14H30N2O/c1-4-16(13(2)12-17-3)11-7-5-6-10-15-14-8-9-14/h13-15H,4-12H2,1-3H3. The molecule has 1 unspecified atom stereocenters. The second-order valence-electron chi connectivity index (χ2n) is 5.22. The zero-order valence-electron chi connectivity index (χ0n) is 11.9. The number of nitrogens with one attached hydrogen (secondary N) is 1. The summed E-state index contributed by atoms with van der Waals surface area (Å²) in [4.78, 5) is 2.51. The molecule has 0 spiro atoms. The van der Waals surface area contributed by atoms with Gasteiger partial charge in [-0.05, 0) is 52.2 Å². The van der Waals surface area contributed by atoms with Crippen LogP contribution in [0.5, 0.6) is 0 Å². The van der Waals surface area contributed by atoms with Crippen LogP contribution in [0.15, 0.2) is 0 Å². The molecule has 1 rings (SSSR count). The molecule has 102 valence electrons. The van der Waals surface area contributed by atoms with E-state index in [1.807, 2.05) is 0 Å². The number of likely N-dealkylation sites (N-methyl/N-ethyl adjacent to an activating group) is 1. The number of unbranched alkanes of at least 4 members (excludes halogenated alkanes) is 2. The Bertz CT molecular complexity index is 183. The number of ether oxygens (including phenoxy) is 1. The predicted molar refractivity (Wildman–Crippen MR) is 73.5 cm³/mol. The molecule has 3 nitrogen and oxygen atoms in total. The van der Waals surface area contributed by atoms with Crippen LogP contribution in [0.1, 0.15) is 46.0 Å². The summed E-state index contributed by atoms with van der Waals surface area (Å²) in [6.07, 6.45) is 6.78. The zero-order valence-corrected chi connectivity index (χ0v) is 11.9. The van der Waals surface area contributed by atoms with Crippen LogP contribution in [-0.4, -0.2) is 50.3 Å². The van der Waals surface area contributed by atoms with Gasteiger partial charge < -0.3 is 10.1 Å². The van der Waals surface area contributed by atoms with Crippen molar-refractivity contribution in [2.45, 2.75) is 58.0 Å². The molecule has 3 heteroatoms. The highest BCUT2D eigenvalue weighted by Crippen LogP contribution is 2.18. The molecule has 0 radical (unpaired) electrons. The van der Waals surface area contributed by atoms with E-state index in [1.54, 1.807) is 7.11 Å². The average Bonchev–Trinajstić information content (AvgIpc) is 3.12. The summed E-state index contributed by atoms with van der Waals surface area (Å²) in [5, 5.41) is 3.57. The number of hydrogen-bond acceptors (Lipinski definition) is 3. The van der Waals surface area contributed by atoms with E-state index >= 15 is 0 Å². The molecule has 0 aromatic rings. The molecule has 1 fully saturated rings. The maximum Gasteiger partial charge on any atom is 0.0615 e. The van der Waals surface area contributed by atoms with Gasteiger partial charge in [-0.25, -0.2) is 0 Å². The second-order valence-corrected chi connectivity index (χ2v) is 5.22. The number of rotatable bonds is 11. The fourth-order valence-electron chi connectivity index (χ4n) is 2.25. The second kappa shape index (κ2) is 8.90. The molecule has 0 amide bonds. The fourth-order valence-corrected chi connectivity index (χ4v) is 2.25. The van der Waals surface area contributed by atoms with Gasteiger partial charge in [0, 0.05) is 19.2 Å². The van der Waals surface area contributed by atoms with Crippen LogP contribution in [0.2, 0.25) is 0 Å². The van der Waals surface area contributed by atoms with E-state index in [2.05, 4.69) is 24.1 Å². The van der Waals surface area contributed by atoms with Gasteiger partial charge in [-0.3, -0.25) is 4.90 Å². The molecule has 0 bridgehead atoms. The smallest absolute Gasteiger partial charge is 0.0615 e. The highest BCUT2D eigenvalue weighted by Gasteiger charge is 2.19. The largest absolute Gasteiger partial charge is 0.383 e. The Morgan fingerprint density at radius 2 is 2.06 bits per heavy atom. The fraction of sp³-hybridized carbons (Fsp3) is 1.00. The third kappa shape index (κ3) is 7.02. The maximum absolute atomic E-state index is 5.21. The van der Waals surface area contributed by atoms with Crippen molar-refractivity contribution in [3.63, 3.8) is 0 Å². The molecule has 0 aromatic carbocycles. The highest BCUT2D eigenvalue weighted by molar-refractivity contribution is 4.80. The molecular weight excluding hydrogens is 212 g/mol. The number of hydrogen-bond donors (Lipinski definition) is 1. The van der Waals surface area contributed by atoms with Crippen LogP contribution < -0.4 is 5.32 Å². The van der Waals surface area contributed by atoms with Crippen molar-refractivity contribution in [1.82, 2.24) is 10.2 Å². The van der Waals surface area contributed by atoms with Crippen molar-refractivity contribution in [1.29, 1.82) is 0 Å². The van der Waals surface area contributed by atoms with E-state index in [9.17, 15) is 0 Å². The summed E-state index contributed by atoms with van der Waals surface area (Å²) in [5.74, 6) is 0. The van der Waals surface area contributed by atoms with Gasteiger partial charge in [0.15, 0.2) is 0 Å². The lowest BCUT2D eigenvalue weighted by Gasteiger charge is -2.27. The van der Waals surface area contributed by atoms with Gasteiger partial charge in [-0.15, -0.1) is 0 Å². The van der Waals surface area contributed by atoms with Crippen molar-refractivity contribution in [3.05, 3.63) is 0 Å². The van der Waals surface area contributed by atoms with Gasteiger partial charge in [0.25, 0.3) is 0 Å². The summed E-state index contributed by atoms with van der Waals surface area (Å²) in [6, 6.07) is 1.42. The quantitative estimate of drug-likeness (QED) is 0.563. The van der Waals surface area contributed by atoms with E-state index in [0.29, 0.717) is 6.04 Å². The maximum atomic E-state index is 5.21. The van der Waals surface area contributed by atoms with Crippen molar-refractivity contribution in [2.75, 3.05) is 33.4 Å². The molecule has 0 aliphatic heterocycles. The Morgan fingerprint density at radius 1 is 1.29 bits per heavy atom. The minimum atomic E-state index is 0.551. The first-order valence-electron chi connectivity index (χ1n) is 7.24. The Hall–Kier alpha value is -0.120. The lowest BCUT2D eigenvalue weighted by Crippen LogP contribution is -2.36. The van der Waals surface area contributed by atoms with Gasteiger partial charge in [0.2, 0.25) is 0 Å². The predicted octanol–water partition coefficient (Wildman–Crippen LogP) is 2.27. The topological polar surface area (TPSA) is 24.5 Å². The summed E-state index contributed by atoms with van der Waals surface area (Å²) in [7, 11) is 1.79. The third-order valence-corrected chi connectivity index (χ3v) is 3.57. The number of nitrogens with zero attached hydrogens (tertiary/aromatic N) is 1. The summed E-state index contributed by atoms with van der Waals surface area (Å²) < 4.78 is 5.21. The summed E-state index contributed by atoms with van der Waals surface area (Å²) >= 11 is 0. The third-order valence-electron chi connectivity index (χ3n) is 3.57. The molecule has 17 heavy (non-hydrogen) atoms. The average molecular weight is 242 g/mol. The van der Waals surface area contributed by atoms with Crippen molar-refractivity contribution in [2.24, 2.45) is 0 Å². The first-order chi connectivity index (χ1) is 8.27. The molecule has 1 atom stereocenters. The van der Waals surface area contributed by atoms with Gasteiger partial charge in [0.1, 0.15) is 0 Å². The van der Waals surface area contributed by atoms with Crippen LogP contribution in [0, 0.1) is 0 Å². The lowest BCUT2D eigenvalue weighted by atomic mass is 10.2. The van der Waals surface area contributed by atoms with Crippen molar-refractivity contribution >= 4 is 0 Å². The summed E-state index contributed by atoms with van der Waals surface area (Å²) in [6.45, 7) is 8.89. The van der Waals surface area contributed by atoms with E-state index in [4.69, 9.17) is 4.74 Å². The van der Waals surface area contributed by atoms with Crippen LogP contribution >= 0.6 is 0 Å². The Kier molecular flexibility index (Phi) is 7.82. The van der Waals surface area contributed by atoms with Crippen molar-refractivity contribution < 1.29 is 4.74 Å². The zero-order chi connectivity index (χ0) is 12.5. The molecule has 1 aliphatic carbocycles. The van der Waals surface area contributed by atoms with E-state index in [1.165, 1.54) is 45.2 Å². The lowest BCUT2D eigenvalue weighted by molar-refractivity contribution is 0.101. The minimum Gasteiger partial charge on any atom is -0.383 e. The first-order valence-corrected chi connectivity index (χ1v) is 7.24. The first kappa shape index (κ1) is 14.9. The Balaban J connectivity index is 1.93. The van der Waals surface area contributed by atoms with Gasteiger partial charge in [0.05, 0.1) is 6.61 Å². The summed E-state index contributed by atoms with van der Waals surface area (Å²) in [5.41, 5.74) is 0. The molecule has 1 saturated carbocycles. The Labute approximate surface area is 107 Å². The van der Waals surface area contributed by atoms with Gasteiger partial charge >= 0.3 is 0 Å². The minimum absolute atomic E-state index is 0.551. The van der Waals surface area contributed by atoms with Crippen LogP contribution in [-0.2, 0) is 4.74 Å². The molecule has 1 aliphatic rings. The molecule has 1 N–H and O–H groups in total. The van der Waals surface area contributed by atoms with Crippen molar-refractivity contribution in [3.8, 4) is 0 Å². The monoisotopic (exact) mass is 242 g/mol. The molecule has 0 aromatic heterocycles. The Morgan fingerprint density at radius 3 is 2.65 bits per heavy atom. The van der Waals surface area contributed by atoms with Crippen LogP contribution in [0.4, 0.5) is 0 Å². The number of methoxy groups -OCH3 is 1. The van der Waals surface area contributed by atoms with E-state index in [0.717, 1.165) is 19.2 Å². The van der Waals surface area contributed by atoms with E-state index < -0.39 is 0 Å². The van der Waals surface area contributed by atoms with Crippen LogP contribution in [0.3, 0.4) is 0 Å². The van der Waals surface area contributed by atoms with Gasteiger partial charge in [-0.1, -0.05) is 13.3 Å². The molecule has 0 saturated heterocycles. The van der Waals surface area contributed by atoms with Crippen LogP contribution in [0.25, 0.3) is 0 Å². The molecular formula is C14H30N2O. The van der Waals surface area contributed by atoms with E-state index in [-0.39, 0.29) is 0 Å². The molecule has 0 heterocycles. The van der Waals surface area contributed by atoms with Gasteiger partial charge in [-0.2, -0.15) is 0 Å². The SMILES string of the molecule is CCN(CCCCCNC1CC1)C(C)COC. The normalized spacial score (nSPS) is 17.6.